The lowest BCUT2D eigenvalue weighted by atomic mass is 10.1. The van der Waals surface area contributed by atoms with Crippen LogP contribution in [-0.4, -0.2) is 32.2 Å². The minimum absolute atomic E-state index is 0.00507. The molecule has 172 valence electrons. The van der Waals surface area contributed by atoms with E-state index in [-0.39, 0.29) is 27.1 Å². The molecule has 2 amide bonds. The van der Waals surface area contributed by atoms with Gasteiger partial charge in [-0.3, -0.25) is 14.3 Å². The van der Waals surface area contributed by atoms with Crippen LogP contribution in [0.25, 0.3) is 0 Å². The standard InChI is InChI=1S/C23H21ClFN3O4S/c1-15(29)28(2)14-16-4-3-5-19(12-16)26-23(30)17-6-11-21(24)22(13-17)27-33(31,32)20-9-7-18(25)8-10-20/h3-13,27H,14H2,1-2H3,(H,26,30). The van der Waals surface area contributed by atoms with Crippen molar-refractivity contribution in [3.05, 3.63) is 88.7 Å². The summed E-state index contributed by atoms with van der Waals surface area (Å²) in [6, 6.07) is 15.5. The largest absolute Gasteiger partial charge is 0.342 e. The number of benzene rings is 3. The normalized spacial score (nSPS) is 11.0. The van der Waals surface area contributed by atoms with Crippen LogP contribution in [0.1, 0.15) is 22.8 Å². The Morgan fingerprint density at radius 3 is 2.39 bits per heavy atom. The summed E-state index contributed by atoms with van der Waals surface area (Å²) in [5.41, 5.74) is 1.51. The highest BCUT2D eigenvalue weighted by Crippen LogP contribution is 2.26. The first-order chi connectivity index (χ1) is 15.5. The van der Waals surface area contributed by atoms with Crippen LogP contribution in [0.15, 0.2) is 71.6 Å². The average Bonchev–Trinajstić information content (AvgIpc) is 2.75. The van der Waals surface area contributed by atoms with Crippen LogP contribution in [0.4, 0.5) is 15.8 Å². The lowest BCUT2D eigenvalue weighted by Gasteiger charge is -2.15. The summed E-state index contributed by atoms with van der Waals surface area (Å²) < 4.78 is 40.6. The molecular weight excluding hydrogens is 469 g/mol. The topological polar surface area (TPSA) is 95.6 Å². The monoisotopic (exact) mass is 489 g/mol. The highest BCUT2D eigenvalue weighted by Gasteiger charge is 2.18. The fraction of sp³-hybridized carbons (Fsp3) is 0.130. The predicted molar refractivity (Wildman–Crippen MR) is 125 cm³/mol. The molecule has 0 spiro atoms. The molecule has 33 heavy (non-hydrogen) atoms. The fourth-order valence-electron chi connectivity index (χ4n) is 2.90. The molecule has 0 atom stereocenters. The van der Waals surface area contributed by atoms with Crippen molar-refractivity contribution in [3.63, 3.8) is 0 Å². The van der Waals surface area contributed by atoms with Crippen molar-refractivity contribution in [1.82, 2.24) is 4.90 Å². The fourth-order valence-corrected chi connectivity index (χ4v) is 4.19. The number of nitrogens with zero attached hydrogens (tertiary/aromatic N) is 1. The van der Waals surface area contributed by atoms with Gasteiger partial charge in [-0.15, -0.1) is 0 Å². The number of halogens is 2. The Kier molecular flexibility index (Phi) is 7.35. The molecule has 3 aromatic rings. The molecule has 3 aromatic carbocycles. The summed E-state index contributed by atoms with van der Waals surface area (Å²) in [4.78, 5) is 25.6. The van der Waals surface area contributed by atoms with Crippen LogP contribution in [-0.2, 0) is 21.4 Å². The zero-order valence-corrected chi connectivity index (χ0v) is 19.4. The van der Waals surface area contributed by atoms with E-state index in [1.165, 1.54) is 25.1 Å². The summed E-state index contributed by atoms with van der Waals surface area (Å²) in [5.74, 6) is -1.13. The Morgan fingerprint density at radius 2 is 1.73 bits per heavy atom. The van der Waals surface area contributed by atoms with Gasteiger partial charge < -0.3 is 10.2 Å². The van der Waals surface area contributed by atoms with Crippen molar-refractivity contribution in [2.45, 2.75) is 18.4 Å². The van der Waals surface area contributed by atoms with Gasteiger partial charge in [-0.2, -0.15) is 0 Å². The Morgan fingerprint density at radius 1 is 1.03 bits per heavy atom. The van der Waals surface area contributed by atoms with Gasteiger partial charge in [0.2, 0.25) is 5.91 Å². The molecule has 0 saturated heterocycles. The SMILES string of the molecule is CC(=O)N(C)Cc1cccc(NC(=O)c2ccc(Cl)c(NS(=O)(=O)c3ccc(F)cc3)c2)c1. The van der Waals surface area contributed by atoms with E-state index in [9.17, 15) is 22.4 Å². The zero-order valence-electron chi connectivity index (χ0n) is 17.8. The van der Waals surface area contributed by atoms with E-state index in [1.807, 2.05) is 6.07 Å². The number of amides is 2. The molecule has 0 fully saturated rings. The van der Waals surface area contributed by atoms with Gasteiger partial charge in [0.25, 0.3) is 15.9 Å². The van der Waals surface area contributed by atoms with Gasteiger partial charge in [0.05, 0.1) is 15.6 Å². The van der Waals surface area contributed by atoms with Gasteiger partial charge in [-0.05, 0) is 60.2 Å². The second kappa shape index (κ2) is 10.0. The number of carbonyl (C=O) groups is 2. The van der Waals surface area contributed by atoms with Crippen molar-refractivity contribution in [3.8, 4) is 0 Å². The summed E-state index contributed by atoms with van der Waals surface area (Å²) in [6.45, 7) is 1.85. The molecule has 0 bridgehead atoms. The van der Waals surface area contributed by atoms with E-state index in [2.05, 4.69) is 10.0 Å². The maximum absolute atomic E-state index is 13.1. The third kappa shape index (κ3) is 6.30. The van der Waals surface area contributed by atoms with Crippen LogP contribution in [0.3, 0.4) is 0 Å². The zero-order chi connectivity index (χ0) is 24.2. The van der Waals surface area contributed by atoms with Crippen LogP contribution in [0.2, 0.25) is 5.02 Å². The Balaban J connectivity index is 1.78. The predicted octanol–water partition coefficient (Wildman–Crippen LogP) is 4.51. The summed E-state index contributed by atoms with van der Waals surface area (Å²) in [6.07, 6.45) is 0. The molecule has 0 unspecified atom stereocenters. The molecule has 0 saturated carbocycles. The van der Waals surface area contributed by atoms with Gasteiger partial charge in [0.1, 0.15) is 5.82 Å². The first kappa shape index (κ1) is 24.2. The highest BCUT2D eigenvalue weighted by atomic mass is 35.5. The summed E-state index contributed by atoms with van der Waals surface area (Å²) in [5, 5.41) is 2.83. The van der Waals surface area contributed by atoms with E-state index in [0.29, 0.717) is 12.2 Å². The lowest BCUT2D eigenvalue weighted by Crippen LogP contribution is -2.23. The van der Waals surface area contributed by atoms with E-state index in [1.54, 1.807) is 30.1 Å². The van der Waals surface area contributed by atoms with Gasteiger partial charge in [0, 0.05) is 31.8 Å². The second-order valence-corrected chi connectivity index (χ2v) is 9.37. The number of sulfonamides is 1. The lowest BCUT2D eigenvalue weighted by molar-refractivity contribution is -0.128. The maximum Gasteiger partial charge on any atom is 0.261 e. The van der Waals surface area contributed by atoms with E-state index in [0.717, 1.165) is 29.8 Å². The number of rotatable bonds is 7. The molecule has 10 heteroatoms. The van der Waals surface area contributed by atoms with Crippen molar-refractivity contribution in [2.75, 3.05) is 17.1 Å². The third-order valence-corrected chi connectivity index (χ3v) is 6.45. The Labute approximate surface area is 196 Å². The van der Waals surface area contributed by atoms with Crippen LogP contribution < -0.4 is 10.0 Å². The number of hydrogen-bond acceptors (Lipinski definition) is 4. The van der Waals surface area contributed by atoms with Crippen LogP contribution in [0, 0.1) is 5.82 Å². The summed E-state index contributed by atoms with van der Waals surface area (Å²) >= 11 is 6.12. The average molecular weight is 490 g/mol. The van der Waals surface area contributed by atoms with E-state index in [4.69, 9.17) is 11.6 Å². The molecule has 0 aliphatic rings. The Hall–Kier alpha value is -3.43. The molecule has 2 N–H and O–H groups in total. The first-order valence-corrected chi connectivity index (χ1v) is 11.6. The molecule has 0 radical (unpaired) electrons. The molecule has 3 rings (SSSR count). The second-order valence-electron chi connectivity index (χ2n) is 7.28. The van der Waals surface area contributed by atoms with Crippen LogP contribution in [0.5, 0.6) is 0 Å². The van der Waals surface area contributed by atoms with Gasteiger partial charge in [0.15, 0.2) is 0 Å². The summed E-state index contributed by atoms with van der Waals surface area (Å²) in [7, 11) is -2.37. The maximum atomic E-state index is 13.1. The highest BCUT2D eigenvalue weighted by molar-refractivity contribution is 7.92. The van der Waals surface area contributed by atoms with Crippen molar-refractivity contribution in [1.29, 1.82) is 0 Å². The first-order valence-electron chi connectivity index (χ1n) is 9.75. The van der Waals surface area contributed by atoms with Gasteiger partial charge >= 0.3 is 0 Å². The molecule has 7 nitrogen and oxygen atoms in total. The quantitative estimate of drug-likeness (QED) is 0.510. The number of hydrogen-bond donors (Lipinski definition) is 2. The molecule has 0 aromatic heterocycles. The van der Waals surface area contributed by atoms with Crippen molar-refractivity contribution in [2.24, 2.45) is 0 Å². The number of anilines is 2. The van der Waals surface area contributed by atoms with E-state index >= 15 is 0 Å². The van der Waals surface area contributed by atoms with Crippen molar-refractivity contribution < 1.29 is 22.4 Å². The van der Waals surface area contributed by atoms with Crippen molar-refractivity contribution >= 4 is 44.8 Å². The third-order valence-electron chi connectivity index (χ3n) is 4.74. The molecule has 0 aliphatic heterocycles. The minimum atomic E-state index is -4.04. The Bertz CT molecular complexity index is 1300. The van der Waals surface area contributed by atoms with Gasteiger partial charge in [-0.1, -0.05) is 23.7 Å². The van der Waals surface area contributed by atoms with E-state index < -0.39 is 21.7 Å². The van der Waals surface area contributed by atoms with Gasteiger partial charge in [-0.25, -0.2) is 12.8 Å². The number of nitrogens with one attached hydrogen (secondary N) is 2. The smallest absolute Gasteiger partial charge is 0.261 e. The molecule has 0 heterocycles. The number of carbonyl (C=O) groups excluding carboxylic acids is 2. The van der Waals surface area contributed by atoms with Crippen LogP contribution >= 0.6 is 11.6 Å². The molecular formula is C23H21ClFN3O4S. The molecule has 0 aliphatic carbocycles. The minimum Gasteiger partial charge on any atom is -0.342 e.